The van der Waals surface area contributed by atoms with Crippen molar-refractivity contribution in [2.75, 3.05) is 7.11 Å². The zero-order chi connectivity index (χ0) is 18.1. The summed E-state index contributed by atoms with van der Waals surface area (Å²) in [6.45, 7) is 7.10. The van der Waals surface area contributed by atoms with Crippen LogP contribution in [0.15, 0.2) is 36.4 Å². The van der Waals surface area contributed by atoms with E-state index in [4.69, 9.17) is 6.57 Å². The number of ether oxygens (including phenoxy) is 1. The summed E-state index contributed by atoms with van der Waals surface area (Å²) >= 11 is 0. The number of carbonyl (C=O) groups excluding carboxylic acids is 1. The predicted molar refractivity (Wildman–Crippen MR) is 84.7 cm³/mol. The van der Waals surface area contributed by atoms with Crippen LogP contribution in [0.2, 0.25) is 0 Å². The molecule has 0 spiro atoms. The lowest BCUT2D eigenvalue weighted by Crippen LogP contribution is -2.01. The first-order valence-electron chi connectivity index (χ1n) is 7.00. The monoisotopic (exact) mass is 342 g/mol. The number of benzene rings is 2. The summed E-state index contributed by atoms with van der Waals surface area (Å²) in [7, 11) is 1.20. The molecule has 0 saturated heterocycles. The van der Waals surface area contributed by atoms with E-state index >= 15 is 0 Å². The lowest BCUT2D eigenvalue weighted by molar-refractivity contribution is 0.0601. The highest BCUT2D eigenvalue weighted by Gasteiger charge is 2.20. The Hall–Kier alpha value is -3.40. The van der Waals surface area contributed by atoms with Crippen LogP contribution in [0, 0.1) is 24.0 Å². The van der Waals surface area contributed by atoms with Gasteiger partial charge in [-0.25, -0.2) is 18.0 Å². The minimum Gasteiger partial charge on any atom is -0.465 e. The van der Waals surface area contributed by atoms with Gasteiger partial charge in [-0.2, -0.15) is 0 Å². The molecule has 2 aromatic carbocycles. The maximum Gasteiger partial charge on any atom is 0.337 e. The van der Waals surface area contributed by atoms with Gasteiger partial charge >= 0.3 is 5.97 Å². The number of halogens is 3. The van der Waals surface area contributed by atoms with Crippen molar-refractivity contribution in [2.45, 2.75) is 0 Å². The average molecular weight is 342 g/mol. The van der Waals surface area contributed by atoms with Gasteiger partial charge in [0.15, 0.2) is 5.52 Å². The topological polar surface area (TPSA) is 43.5 Å². The van der Waals surface area contributed by atoms with Gasteiger partial charge in [0.05, 0.1) is 18.2 Å². The van der Waals surface area contributed by atoms with Crippen molar-refractivity contribution in [2.24, 2.45) is 0 Å². The normalized spacial score (nSPS) is 10.5. The molecular weight excluding hydrogens is 333 g/mol. The van der Waals surface area contributed by atoms with E-state index in [2.05, 4.69) is 14.6 Å². The number of nitrogens with zero attached hydrogens (tertiary/aromatic N) is 2. The van der Waals surface area contributed by atoms with Gasteiger partial charge < -0.3 is 9.58 Å². The summed E-state index contributed by atoms with van der Waals surface area (Å²) in [5.41, 5.74) is -0.0895. The van der Waals surface area contributed by atoms with Crippen molar-refractivity contribution < 1.29 is 22.7 Å². The van der Waals surface area contributed by atoms with E-state index in [0.29, 0.717) is 12.1 Å². The van der Waals surface area contributed by atoms with Crippen LogP contribution in [-0.2, 0) is 4.74 Å². The van der Waals surface area contributed by atoms with Crippen LogP contribution in [0.3, 0.4) is 0 Å². The van der Waals surface area contributed by atoms with Crippen molar-refractivity contribution in [3.8, 4) is 11.1 Å². The first kappa shape index (κ1) is 16.5. The van der Waals surface area contributed by atoms with Crippen LogP contribution in [0.25, 0.3) is 26.9 Å². The molecule has 4 nitrogen and oxygen atoms in total. The largest absolute Gasteiger partial charge is 0.465 e. The molecule has 3 rings (SSSR count). The summed E-state index contributed by atoms with van der Waals surface area (Å²) in [5, 5.41) is 0.236. The van der Waals surface area contributed by atoms with E-state index in [1.165, 1.54) is 31.4 Å². The Morgan fingerprint density at radius 1 is 1.12 bits per heavy atom. The van der Waals surface area contributed by atoms with Gasteiger partial charge in [0.2, 0.25) is 0 Å². The maximum absolute atomic E-state index is 14.2. The predicted octanol–water partition coefficient (Wildman–Crippen LogP) is 4.66. The number of carbonyl (C=O) groups is 1. The second kappa shape index (κ2) is 6.24. The molecule has 0 N–H and O–H groups in total. The van der Waals surface area contributed by atoms with Crippen molar-refractivity contribution >= 4 is 22.7 Å². The quantitative estimate of drug-likeness (QED) is 0.503. The van der Waals surface area contributed by atoms with E-state index in [1.54, 1.807) is 0 Å². The molecule has 0 radical (unpaired) electrons. The third-order valence-corrected chi connectivity index (χ3v) is 3.61. The molecule has 0 aliphatic rings. The minimum atomic E-state index is -1.12. The van der Waals surface area contributed by atoms with Crippen LogP contribution in [0.1, 0.15) is 10.4 Å². The number of esters is 1. The zero-order valence-corrected chi connectivity index (χ0v) is 12.8. The number of rotatable bonds is 2. The highest BCUT2D eigenvalue weighted by atomic mass is 19.1. The third kappa shape index (κ3) is 2.90. The van der Waals surface area contributed by atoms with Gasteiger partial charge in [0, 0.05) is 17.5 Å². The first-order chi connectivity index (χ1) is 11.9. The second-order valence-corrected chi connectivity index (χ2v) is 5.11. The molecule has 0 saturated carbocycles. The lowest BCUT2D eigenvalue weighted by Gasteiger charge is -2.10. The van der Waals surface area contributed by atoms with Gasteiger partial charge in [-0.3, -0.25) is 0 Å². The van der Waals surface area contributed by atoms with E-state index in [-0.39, 0.29) is 27.8 Å². The summed E-state index contributed by atoms with van der Waals surface area (Å²) in [6, 6.07) is 6.52. The Bertz CT molecular complexity index is 1040. The van der Waals surface area contributed by atoms with E-state index in [1.807, 2.05) is 0 Å². The number of fused-ring (bicyclic) bond motifs is 1. The fourth-order valence-corrected chi connectivity index (χ4v) is 2.52. The van der Waals surface area contributed by atoms with Gasteiger partial charge in [0.25, 0.3) is 5.82 Å². The standard InChI is InChI=1S/C18H9F3N2O2/c1-22-16-8-12(17-13(20)6-10(19)7-14(17)21)11-5-9(18(24)25-2)3-4-15(11)23-16/h3-8H,2H3. The van der Waals surface area contributed by atoms with Crippen LogP contribution >= 0.6 is 0 Å². The summed E-state index contributed by atoms with van der Waals surface area (Å²) in [6.07, 6.45) is 0. The Morgan fingerprint density at radius 2 is 1.80 bits per heavy atom. The van der Waals surface area contributed by atoms with Crippen molar-refractivity contribution in [1.82, 2.24) is 4.98 Å². The van der Waals surface area contributed by atoms with Gasteiger partial charge in [-0.15, -0.1) is 4.98 Å². The van der Waals surface area contributed by atoms with Crippen molar-refractivity contribution in [1.29, 1.82) is 0 Å². The molecule has 1 heterocycles. The van der Waals surface area contributed by atoms with Crippen molar-refractivity contribution in [3.05, 3.63) is 70.8 Å². The first-order valence-corrected chi connectivity index (χ1v) is 7.00. The fraction of sp³-hybridized carbons (Fsp3) is 0.0556. The molecule has 0 amide bonds. The number of methoxy groups -OCH3 is 1. The molecule has 124 valence electrons. The van der Waals surface area contributed by atoms with Crippen LogP contribution in [0.4, 0.5) is 19.0 Å². The maximum atomic E-state index is 14.2. The molecule has 7 heteroatoms. The Kier molecular flexibility index (Phi) is 4.11. The molecule has 25 heavy (non-hydrogen) atoms. The number of hydrogen-bond donors (Lipinski definition) is 0. The van der Waals surface area contributed by atoms with Gasteiger partial charge in [0.1, 0.15) is 17.5 Å². The van der Waals surface area contributed by atoms with Gasteiger partial charge in [-0.05, 0) is 29.8 Å². The number of pyridine rings is 1. The third-order valence-electron chi connectivity index (χ3n) is 3.61. The molecular formula is C18H9F3N2O2. The van der Waals surface area contributed by atoms with E-state index in [9.17, 15) is 18.0 Å². The molecule has 0 aliphatic carbocycles. The summed E-state index contributed by atoms with van der Waals surface area (Å²) in [5.74, 6) is -4.02. The van der Waals surface area contributed by atoms with E-state index < -0.39 is 29.0 Å². The molecule has 0 fully saturated rings. The Morgan fingerprint density at radius 3 is 2.40 bits per heavy atom. The summed E-state index contributed by atoms with van der Waals surface area (Å²) < 4.78 is 46.3. The van der Waals surface area contributed by atoms with E-state index in [0.717, 1.165) is 0 Å². The molecule has 0 aliphatic heterocycles. The SMILES string of the molecule is [C-]#[N+]c1cc(-c2c(F)cc(F)cc2F)c2cc(C(=O)OC)ccc2n1. The molecule has 3 aromatic rings. The van der Waals surface area contributed by atoms with Crippen LogP contribution < -0.4 is 0 Å². The lowest BCUT2D eigenvalue weighted by atomic mass is 9.98. The Balaban J connectivity index is 2.40. The smallest absolute Gasteiger partial charge is 0.337 e. The Labute approximate surface area is 140 Å². The second-order valence-electron chi connectivity index (χ2n) is 5.11. The average Bonchev–Trinajstić information content (AvgIpc) is 2.59. The van der Waals surface area contributed by atoms with Gasteiger partial charge in [-0.1, -0.05) is 6.57 Å². The number of aromatic nitrogens is 1. The van der Waals surface area contributed by atoms with Crippen molar-refractivity contribution in [3.63, 3.8) is 0 Å². The molecule has 0 unspecified atom stereocenters. The molecule has 0 bridgehead atoms. The van der Waals surface area contributed by atoms with Crippen LogP contribution in [0.5, 0.6) is 0 Å². The minimum absolute atomic E-state index is 0.00301. The zero-order valence-electron chi connectivity index (χ0n) is 12.8. The molecule has 0 atom stereocenters. The molecule has 1 aromatic heterocycles. The highest BCUT2D eigenvalue weighted by molar-refractivity contribution is 6.01. The number of hydrogen-bond acceptors (Lipinski definition) is 3. The fourth-order valence-electron chi connectivity index (χ4n) is 2.52. The summed E-state index contributed by atoms with van der Waals surface area (Å²) in [4.78, 5) is 19.0. The highest BCUT2D eigenvalue weighted by Crippen LogP contribution is 2.35. The van der Waals surface area contributed by atoms with Crippen LogP contribution in [-0.4, -0.2) is 18.1 Å².